The topological polar surface area (TPSA) is 83.5 Å². The number of halogens is 1. The minimum atomic E-state index is -0.474. The maximum Gasteiger partial charge on any atom is 0.260 e. The first-order valence-corrected chi connectivity index (χ1v) is 10.5. The summed E-state index contributed by atoms with van der Waals surface area (Å²) < 4.78 is 0. The second-order valence-corrected chi connectivity index (χ2v) is 8.14. The van der Waals surface area contributed by atoms with Gasteiger partial charge in [-0.2, -0.15) is 0 Å². The molecule has 0 spiro atoms. The highest BCUT2D eigenvalue weighted by Crippen LogP contribution is 2.39. The summed E-state index contributed by atoms with van der Waals surface area (Å²) in [7, 11) is 0. The Morgan fingerprint density at radius 3 is 2.55 bits per heavy atom. The lowest BCUT2D eigenvalue weighted by Crippen LogP contribution is -2.40. The molecule has 5 rings (SSSR count). The Balaban J connectivity index is 1.51. The average Bonchev–Trinajstić information content (AvgIpc) is 3.05. The number of fused-ring (bicyclic) bond motifs is 2. The number of ketones is 1. The van der Waals surface area contributed by atoms with Gasteiger partial charge < -0.3 is 4.90 Å². The van der Waals surface area contributed by atoms with Gasteiger partial charge in [0, 0.05) is 36.9 Å². The summed E-state index contributed by atoms with van der Waals surface area (Å²) in [6, 6.07) is 14.0. The summed E-state index contributed by atoms with van der Waals surface area (Å²) in [6.45, 7) is 0.854. The summed E-state index contributed by atoms with van der Waals surface area (Å²) in [5.74, 6) is 0.332. The Morgan fingerprint density at radius 2 is 1.74 bits per heavy atom. The second-order valence-electron chi connectivity index (χ2n) is 7.75. The van der Waals surface area contributed by atoms with Crippen LogP contribution in [0.25, 0.3) is 11.0 Å². The average molecular weight is 435 g/mol. The van der Waals surface area contributed by atoms with E-state index in [9.17, 15) is 14.4 Å². The van der Waals surface area contributed by atoms with Gasteiger partial charge in [-0.3, -0.25) is 19.3 Å². The van der Waals surface area contributed by atoms with Crippen LogP contribution < -0.4 is 4.90 Å². The SMILES string of the molecule is O=C1CCN(C(=O)CC2c3ccccc3C(=O)N2c2ccc3ccc(Cl)nc3n2)CC1. The highest BCUT2D eigenvalue weighted by Gasteiger charge is 2.40. The molecule has 1 unspecified atom stereocenters. The third-order valence-electron chi connectivity index (χ3n) is 5.87. The van der Waals surface area contributed by atoms with Crippen LogP contribution in [0.3, 0.4) is 0 Å². The molecule has 1 aromatic carbocycles. The Labute approximate surface area is 183 Å². The maximum absolute atomic E-state index is 13.3. The number of piperidine rings is 1. The van der Waals surface area contributed by atoms with Crippen LogP contribution in [0.4, 0.5) is 5.82 Å². The van der Waals surface area contributed by atoms with Crippen molar-refractivity contribution < 1.29 is 14.4 Å². The van der Waals surface area contributed by atoms with E-state index in [0.29, 0.717) is 48.1 Å². The third-order valence-corrected chi connectivity index (χ3v) is 6.08. The number of anilines is 1. The van der Waals surface area contributed by atoms with Crippen molar-refractivity contribution in [3.05, 3.63) is 64.8 Å². The first-order chi connectivity index (χ1) is 15.0. The number of amides is 2. The molecule has 0 saturated carbocycles. The summed E-state index contributed by atoms with van der Waals surface area (Å²) in [5, 5.41) is 1.13. The molecule has 156 valence electrons. The van der Waals surface area contributed by atoms with Crippen molar-refractivity contribution in [1.82, 2.24) is 14.9 Å². The molecule has 4 heterocycles. The van der Waals surface area contributed by atoms with E-state index in [-0.39, 0.29) is 24.0 Å². The van der Waals surface area contributed by atoms with Crippen molar-refractivity contribution in [2.45, 2.75) is 25.3 Å². The Hall–Kier alpha value is -3.32. The number of pyridine rings is 2. The molecule has 31 heavy (non-hydrogen) atoms. The number of benzene rings is 1. The van der Waals surface area contributed by atoms with Crippen LogP contribution in [-0.4, -0.2) is 45.6 Å². The molecule has 2 aliphatic heterocycles. The molecule has 1 saturated heterocycles. The van der Waals surface area contributed by atoms with Crippen LogP contribution in [0.15, 0.2) is 48.5 Å². The number of hydrogen-bond donors (Lipinski definition) is 0. The van der Waals surface area contributed by atoms with Crippen molar-refractivity contribution in [3.63, 3.8) is 0 Å². The molecule has 8 heteroatoms. The summed E-state index contributed by atoms with van der Waals surface area (Å²) in [5.41, 5.74) is 1.80. The predicted octanol–water partition coefficient (Wildman–Crippen LogP) is 3.57. The number of carbonyl (C=O) groups excluding carboxylic acids is 3. The normalized spacial score (nSPS) is 18.5. The lowest BCUT2D eigenvalue weighted by molar-refractivity contribution is -0.134. The molecule has 3 aromatic rings. The molecular formula is C23H19ClN4O3. The van der Waals surface area contributed by atoms with Gasteiger partial charge in [-0.25, -0.2) is 9.97 Å². The molecule has 2 amide bonds. The van der Waals surface area contributed by atoms with Crippen molar-refractivity contribution in [1.29, 1.82) is 0 Å². The van der Waals surface area contributed by atoms with E-state index in [4.69, 9.17) is 11.6 Å². The van der Waals surface area contributed by atoms with Crippen LogP contribution in [0, 0.1) is 0 Å². The minimum Gasteiger partial charge on any atom is -0.342 e. The third kappa shape index (κ3) is 3.55. The Kier molecular flexibility index (Phi) is 4.90. The molecule has 0 aliphatic carbocycles. The number of nitrogens with zero attached hydrogens (tertiary/aromatic N) is 4. The fourth-order valence-corrected chi connectivity index (χ4v) is 4.40. The Morgan fingerprint density at radius 1 is 1.00 bits per heavy atom. The summed E-state index contributed by atoms with van der Waals surface area (Å²) in [4.78, 5) is 50.0. The van der Waals surface area contributed by atoms with E-state index in [0.717, 1.165) is 10.9 Å². The molecule has 0 bridgehead atoms. The van der Waals surface area contributed by atoms with E-state index in [1.165, 1.54) is 0 Å². The Bertz CT molecular complexity index is 1220. The van der Waals surface area contributed by atoms with Gasteiger partial charge in [0.2, 0.25) is 5.91 Å². The minimum absolute atomic E-state index is 0.0750. The first-order valence-electron chi connectivity index (χ1n) is 10.2. The second kappa shape index (κ2) is 7.74. The zero-order chi connectivity index (χ0) is 21.5. The highest BCUT2D eigenvalue weighted by atomic mass is 35.5. The molecule has 7 nitrogen and oxygen atoms in total. The number of Topliss-reactive ketones (excluding diaryl/α,β-unsaturated/α-hetero) is 1. The molecule has 2 aromatic heterocycles. The van der Waals surface area contributed by atoms with E-state index < -0.39 is 6.04 Å². The molecule has 0 N–H and O–H groups in total. The van der Waals surface area contributed by atoms with Crippen LogP contribution in [0.2, 0.25) is 5.15 Å². The lowest BCUT2D eigenvalue weighted by atomic mass is 10.0. The van der Waals surface area contributed by atoms with Crippen LogP contribution in [0.5, 0.6) is 0 Å². The molecule has 2 aliphatic rings. The van der Waals surface area contributed by atoms with E-state index in [1.807, 2.05) is 30.3 Å². The number of carbonyl (C=O) groups is 3. The van der Waals surface area contributed by atoms with Gasteiger partial charge in [-0.15, -0.1) is 0 Å². The van der Waals surface area contributed by atoms with Crippen molar-refractivity contribution >= 4 is 46.0 Å². The number of likely N-dealkylation sites (tertiary alicyclic amines) is 1. The van der Waals surface area contributed by atoms with Gasteiger partial charge in [0.25, 0.3) is 5.91 Å². The number of rotatable bonds is 3. The van der Waals surface area contributed by atoms with Gasteiger partial charge in [0.05, 0.1) is 12.5 Å². The van der Waals surface area contributed by atoms with Gasteiger partial charge in [0.1, 0.15) is 16.8 Å². The molecule has 0 radical (unpaired) electrons. The standard InChI is InChI=1S/C23H19ClN4O3/c24-19-7-5-14-6-8-20(26-22(14)25-19)28-18(16-3-1-2-4-17(16)23(28)31)13-21(30)27-11-9-15(29)10-12-27/h1-8,18H,9-13H2. The van der Waals surface area contributed by atoms with Crippen molar-refractivity contribution in [2.75, 3.05) is 18.0 Å². The number of aromatic nitrogens is 2. The fourth-order valence-electron chi connectivity index (χ4n) is 4.26. The quantitative estimate of drug-likeness (QED) is 0.588. The van der Waals surface area contributed by atoms with Crippen molar-refractivity contribution in [3.8, 4) is 0 Å². The van der Waals surface area contributed by atoms with E-state index in [1.54, 1.807) is 28.0 Å². The van der Waals surface area contributed by atoms with Gasteiger partial charge in [-0.05, 0) is 35.9 Å². The van der Waals surface area contributed by atoms with Crippen LogP contribution >= 0.6 is 11.6 Å². The van der Waals surface area contributed by atoms with E-state index in [2.05, 4.69) is 9.97 Å². The smallest absolute Gasteiger partial charge is 0.260 e. The molecule has 1 fully saturated rings. The van der Waals surface area contributed by atoms with Gasteiger partial charge in [-0.1, -0.05) is 29.8 Å². The fraction of sp³-hybridized carbons (Fsp3) is 0.261. The van der Waals surface area contributed by atoms with Crippen LogP contribution in [0.1, 0.15) is 41.2 Å². The monoisotopic (exact) mass is 434 g/mol. The lowest BCUT2D eigenvalue weighted by Gasteiger charge is -2.30. The zero-order valence-electron chi connectivity index (χ0n) is 16.6. The largest absolute Gasteiger partial charge is 0.342 e. The van der Waals surface area contributed by atoms with Crippen LogP contribution in [-0.2, 0) is 9.59 Å². The predicted molar refractivity (Wildman–Crippen MR) is 116 cm³/mol. The highest BCUT2D eigenvalue weighted by molar-refractivity contribution is 6.29. The van der Waals surface area contributed by atoms with Gasteiger partial charge in [0.15, 0.2) is 5.65 Å². The first kappa shape index (κ1) is 19.6. The van der Waals surface area contributed by atoms with E-state index >= 15 is 0 Å². The molecular weight excluding hydrogens is 416 g/mol. The van der Waals surface area contributed by atoms with Gasteiger partial charge >= 0.3 is 0 Å². The van der Waals surface area contributed by atoms with Crippen molar-refractivity contribution in [2.24, 2.45) is 0 Å². The molecule has 1 atom stereocenters. The number of hydrogen-bond acceptors (Lipinski definition) is 5. The maximum atomic E-state index is 13.3. The summed E-state index contributed by atoms with van der Waals surface area (Å²) in [6.07, 6.45) is 0.891. The zero-order valence-corrected chi connectivity index (χ0v) is 17.4. The summed E-state index contributed by atoms with van der Waals surface area (Å²) >= 11 is 6.02.